The lowest BCUT2D eigenvalue weighted by Crippen LogP contribution is -2.16. The maximum absolute atomic E-state index is 12.9. The summed E-state index contributed by atoms with van der Waals surface area (Å²) in [6.45, 7) is 11.0. The molecule has 0 radical (unpaired) electrons. The molecule has 0 heterocycles. The van der Waals surface area contributed by atoms with Crippen LogP contribution in [0, 0.1) is 0 Å². The lowest BCUT2D eigenvalue weighted by atomic mass is 9.80. The summed E-state index contributed by atoms with van der Waals surface area (Å²) >= 11 is 0. The Morgan fingerprint density at radius 3 is 1.76 bits per heavy atom. The van der Waals surface area contributed by atoms with E-state index in [1.807, 2.05) is 25.1 Å². The average Bonchev–Trinajstić information content (AvgIpc) is 2.66. The maximum Gasteiger partial charge on any atom is 0.339 e. The molecule has 0 unspecified atom stereocenters. The van der Waals surface area contributed by atoms with Crippen LogP contribution < -0.4 is 0 Å². The molecule has 0 aliphatic rings. The molecule has 0 spiro atoms. The molecular formula is C23H30O2. The minimum absolute atomic E-state index is 0.190. The number of hydrogen-bond donors (Lipinski definition) is 0. The van der Waals surface area contributed by atoms with Crippen molar-refractivity contribution >= 4 is 5.97 Å². The second-order valence-electron chi connectivity index (χ2n) is 6.16. The van der Waals surface area contributed by atoms with Crippen LogP contribution in [0.4, 0.5) is 0 Å². The van der Waals surface area contributed by atoms with E-state index >= 15 is 0 Å². The van der Waals surface area contributed by atoms with Crippen molar-refractivity contribution in [3.8, 4) is 11.1 Å². The number of carbonyl (C=O) groups excluding carboxylic acids is 1. The summed E-state index contributed by atoms with van der Waals surface area (Å²) < 4.78 is 5.47. The first-order chi connectivity index (χ1) is 12.1. The van der Waals surface area contributed by atoms with Gasteiger partial charge in [0.1, 0.15) is 0 Å². The number of carbonyl (C=O) groups is 1. The second kappa shape index (κ2) is 8.84. The number of esters is 1. The van der Waals surface area contributed by atoms with Gasteiger partial charge in [-0.2, -0.15) is 0 Å². The Bertz CT molecular complexity index is 730. The third-order valence-corrected chi connectivity index (χ3v) is 4.90. The lowest BCUT2D eigenvalue weighted by molar-refractivity contribution is 0.0526. The van der Waals surface area contributed by atoms with Crippen molar-refractivity contribution in [3.05, 3.63) is 58.1 Å². The molecule has 0 N–H and O–H groups in total. The van der Waals surface area contributed by atoms with E-state index in [9.17, 15) is 4.79 Å². The molecule has 0 bridgehead atoms. The first kappa shape index (κ1) is 19.2. The fourth-order valence-corrected chi connectivity index (χ4v) is 3.95. The lowest BCUT2D eigenvalue weighted by Gasteiger charge is -2.25. The van der Waals surface area contributed by atoms with Crippen LogP contribution in [0.5, 0.6) is 0 Å². The van der Waals surface area contributed by atoms with Crippen LogP contribution in [0.3, 0.4) is 0 Å². The quantitative estimate of drug-likeness (QED) is 0.598. The third kappa shape index (κ3) is 3.63. The molecule has 2 heteroatoms. The van der Waals surface area contributed by atoms with Gasteiger partial charge in [-0.25, -0.2) is 4.79 Å². The Morgan fingerprint density at radius 2 is 1.28 bits per heavy atom. The number of ether oxygens (including phenoxy) is 1. The van der Waals surface area contributed by atoms with Gasteiger partial charge in [0.25, 0.3) is 0 Å². The molecule has 0 fully saturated rings. The summed E-state index contributed by atoms with van der Waals surface area (Å²) in [6, 6.07) is 10.3. The van der Waals surface area contributed by atoms with Crippen molar-refractivity contribution in [2.24, 2.45) is 0 Å². The van der Waals surface area contributed by atoms with Crippen LogP contribution in [-0.2, 0) is 30.4 Å². The molecule has 134 valence electrons. The van der Waals surface area contributed by atoms with Gasteiger partial charge in [-0.05, 0) is 66.0 Å². The van der Waals surface area contributed by atoms with Crippen LogP contribution in [-0.4, -0.2) is 12.6 Å². The van der Waals surface area contributed by atoms with E-state index in [2.05, 4.69) is 39.8 Å². The Hall–Kier alpha value is -2.09. The highest BCUT2D eigenvalue weighted by molar-refractivity contribution is 6.01. The third-order valence-electron chi connectivity index (χ3n) is 4.90. The van der Waals surface area contributed by atoms with Gasteiger partial charge < -0.3 is 4.74 Å². The molecule has 0 amide bonds. The molecule has 25 heavy (non-hydrogen) atoms. The first-order valence-electron chi connectivity index (χ1n) is 9.56. The van der Waals surface area contributed by atoms with Crippen LogP contribution in [0.25, 0.3) is 11.1 Å². The van der Waals surface area contributed by atoms with Crippen molar-refractivity contribution < 1.29 is 9.53 Å². The normalized spacial score (nSPS) is 10.8. The zero-order chi connectivity index (χ0) is 18.4. The van der Waals surface area contributed by atoms with Crippen LogP contribution in [0.15, 0.2) is 30.3 Å². The number of benzene rings is 2. The van der Waals surface area contributed by atoms with E-state index in [0.29, 0.717) is 6.61 Å². The molecule has 2 aromatic rings. The SMILES string of the molecule is CCOC(=O)c1c(CC)c(CC)c(CC)c(CC)c1-c1ccccc1. The van der Waals surface area contributed by atoms with Crippen molar-refractivity contribution in [3.63, 3.8) is 0 Å². The molecule has 0 aromatic heterocycles. The molecule has 2 rings (SSSR count). The van der Waals surface area contributed by atoms with E-state index in [1.54, 1.807) is 0 Å². The predicted molar refractivity (Wildman–Crippen MR) is 105 cm³/mol. The molecule has 2 nitrogen and oxygen atoms in total. The van der Waals surface area contributed by atoms with E-state index in [0.717, 1.165) is 47.9 Å². The summed E-state index contributed by atoms with van der Waals surface area (Å²) in [7, 11) is 0. The zero-order valence-electron chi connectivity index (χ0n) is 16.2. The van der Waals surface area contributed by atoms with E-state index < -0.39 is 0 Å². The summed E-state index contributed by atoms with van der Waals surface area (Å²) in [5.41, 5.74) is 8.17. The molecule has 0 aliphatic carbocycles. The summed E-state index contributed by atoms with van der Waals surface area (Å²) in [5, 5.41) is 0. The molecule has 0 atom stereocenters. The highest BCUT2D eigenvalue weighted by Gasteiger charge is 2.26. The van der Waals surface area contributed by atoms with E-state index in [-0.39, 0.29) is 5.97 Å². The van der Waals surface area contributed by atoms with E-state index in [4.69, 9.17) is 4.74 Å². The fraction of sp³-hybridized carbons (Fsp3) is 0.435. The number of hydrogen-bond acceptors (Lipinski definition) is 2. The Labute approximate surface area is 152 Å². The molecule has 2 aromatic carbocycles. The van der Waals surface area contributed by atoms with Crippen LogP contribution in [0.2, 0.25) is 0 Å². The summed E-state index contributed by atoms with van der Waals surface area (Å²) in [6.07, 6.45) is 3.69. The van der Waals surface area contributed by atoms with Gasteiger partial charge in [-0.1, -0.05) is 58.0 Å². The van der Waals surface area contributed by atoms with Crippen LogP contribution in [0.1, 0.15) is 67.2 Å². The van der Waals surface area contributed by atoms with Gasteiger partial charge in [0.15, 0.2) is 0 Å². The minimum Gasteiger partial charge on any atom is -0.462 e. The van der Waals surface area contributed by atoms with Gasteiger partial charge in [-0.15, -0.1) is 0 Å². The molecule has 0 saturated heterocycles. The van der Waals surface area contributed by atoms with Gasteiger partial charge in [0.2, 0.25) is 0 Å². The van der Waals surface area contributed by atoms with Crippen molar-refractivity contribution in [1.82, 2.24) is 0 Å². The molecule has 0 saturated carbocycles. The van der Waals surface area contributed by atoms with Crippen LogP contribution >= 0.6 is 0 Å². The Kier molecular flexibility index (Phi) is 6.81. The predicted octanol–water partition coefficient (Wildman–Crippen LogP) is 5.78. The first-order valence-corrected chi connectivity index (χ1v) is 9.56. The highest BCUT2D eigenvalue weighted by Crippen LogP contribution is 2.37. The van der Waals surface area contributed by atoms with Gasteiger partial charge >= 0.3 is 5.97 Å². The molecule has 0 aliphatic heterocycles. The Morgan fingerprint density at radius 1 is 0.760 bits per heavy atom. The van der Waals surface area contributed by atoms with Crippen molar-refractivity contribution in [1.29, 1.82) is 0 Å². The van der Waals surface area contributed by atoms with Gasteiger partial charge in [-0.3, -0.25) is 0 Å². The standard InChI is InChI=1S/C23H30O2/c1-6-17-18(7-2)20(9-4)22(23(24)25-10-5)21(19(17)8-3)16-14-12-11-13-15-16/h11-15H,6-10H2,1-5H3. The smallest absolute Gasteiger partial charge is 0.339 e. The monoisotopic (exact) mass is 338 g/mol. The maximum atomic E-state index is 12.9. The van der Waals surface area contributed by atoms with Crippen molar-refractivity contribution in [2.75, 3.05) is 6.61 Å². The number of rotatable bonds is 7. The summed E-state index contributed by atoms with van der Waals surface area (Å²) in [5.74, 6) is -0.190. The summed E-state index contributed by atoms with van der Waals surface area (Å²) in [4.78, 5) is 12.9. The average molecular weight is 338 g/mol. The Balaban J connectivity index is 2.97. The second-order valence-corrected chi connectivity index (χ2v) is 6.16. The zero-order valence-corrected chi connectivity index (χ0v) is 16.2. The highest BCUT2D eigenvalue weighted by atomic mass is 16.5. The largest absolute Gasteiger partial charge is 0.462 e. The van der Waals surface area contributed by atoms with Gasteiger partial charge in [0.05, 0.1) is 12.2 Å². The van der Waals surface area contributed by atoms with E-state index in [1.165, 1.54) is 16.7 Å². The minimum atomic E-state index is -0.190. The fourth-order valence-electron chi connectivity index (χ4n) is 3.95. The van der Waals surface area contributed by atoms with Gasteiger partial charge in [0, 0.05) is 0 Å². The molecular weight excluding hydrogens is 308 g/mol. The topological polar surface area (TPSA) is 26.3 Å². The van der Waals surface area contributed by atoms with Crippen molar-refractivity contribution in [2.45, 2.75) is 60.3 Å².